The largest absolute Gasteiger partial charge is 0.354 e. The predicted octanol–water partition coefficient (Wildman–Crippen LogP) is 2.07. The molecule has 21 heavy (non-hydrogen) atoms. The molecule has 0 saturated carbocycles. The fourth-order valence-corrected chi connectivity index (χ4v) is 2.33. The first-order chi connectivity index (χ1) is 9.34. The highest BCUT2D eigenvalue weighted by molar-refractivity contribution is 14.0. The van der Waals surface area contributed by atoms with Crippen molar-refractivity contribution in [2.45, 2.75) is 40.5 Å². The van der Waals surface area contributed by atoms with Gasteiger partial charge in [-0.1, -0.05) is 27.7 Å². The van der Waals surface area contributed by atoms with Gasteiger partial charge in [0.25, 0.3) is 0 Å². The van der Waals surface area contributed by atoms with Crippen LogP contribution >= 0.6 is 24.0 Å². The molecule has 2 N–H and O–H groups in total. The predicted molar refractivity (Wildman–Crippen MR) is 99.2 cm³/mol. The van der Waals surface area contributed by atoms with E-state index < -0.39 is 0 Å². The van der Waals surface area contributed by atoms with Gasteiger partial charge in [0.1, 0.15) is 0 Å². The van der Waals surface area contributed by atoms with Gasteiger partial charge in [0.15, 0.2) is 5.96 Å². The molecule has 0 radical (unpaired) electrons. The standard InChI is InChI=1S/C15H30N4O.HI/c1-12-7-6-10-19(11-12)14(16-5)18-9-8-17-13(20)15(2,3)4;/h12H,6-11H2,1-5H3,(H,16,18)(H,17,20);1H. The van der Waals surface area contributed by atoms with Crippen LogP contribution in [-0.2, 0) is 4.79 Å². The molecule has 1 fully saturated rings. The number of carbonyl (C=O) groups excluding carboxylic acids is 1. The smallest absolute Gasteiger partial charge is 0.225 e. The van der Waals surface area contributed by atoms with Gasteiger partial charge >= 0.3 is 0 Å². The first kappa shape index (κ1) is 20.5. The number of likely N-dealkylation sites (tertiary alicyclic amines) is 1. The quantitative estimate of drug-likeness (QED) is 0.324. The summed E-state index contributed by atoms with van der Waals surface area (Å²) in [5.41, 5.74) is -0.329. The van der Waals surface area contributed by atoms with Crippen LogP contribution in [0.1, 0.15) is 40.5 Å². The Morgan fingerprint density at radius 3 is 2.43 bits per heavy atom. The maximum atomic E-state index is 11.7. The summed E-state index contributed by atoms with van der Waals surface area (Å²) in [5.74, 6) is 1.75. The lowest BCUT2D eigenvalue weighted by Gasteiger charge is -2.33. The van der Waals surface area contributed by atoms with E-state index in [9.17, 15) is 4.79 Å². The number of aliphatic imine (C=N–C) groups is 1. The average Bonchev–Trinajstić information content (AvgIpc) is 2.37. The van der Waals surface area contributed by atoms with Crippen molar-refractivity contribution in [3.8, 4) is 0 Å². The van der Waals surface area contributed by atoms with Crippen molar-refractivity contribution >= 4 is 35.8 Å². The monoisotopic (exact) mass is 410 g/mol. The molecule has 124 valence electrons. The molecule has 1 rings (SSSR count). The molecule has 6 heteroatoms. The first-order valence-corrected chi connectivity index (χ1v) is 7.58. The van der Waals surface area contributed by atoms with Crippen molar-refractivity contribution in [2.24, 2.45) is 16.3 Å². The van der Waals surface area contributed by atoms with E-state index >= 15 is 0 Å². The minimum absolute atomic E-state index is 0. The van der Waals surface area contributed by atoms with E-state index in [1.165, 1.54) is 12.8 Å². The SMILES string of the molecule is CN=C(NCCNC(=O)C(C)(C)C)N1CCCC(C)C1.I. The third-order valence-electron chi connectivity index (χ3n) is 3.54. The van der Waals surface area contributed by atoms with E-state index in [4.69, 9.17) is 0 Å². The summed E-state index contributed by atoms with van der Waals surface area (Å²) in [5, 5.41) is 6.27. The Morgan fingerprint density at radius 1 is 1.29 bits per heavy atom. The lowest BCUT2D eigenvalue weighted by atomic mass is 9.96. The molecular weight excluding hydrogens is 379 g/mol. The summed E-state index contributed by atoms with van der Waals surface area (Å²) >= 11 is 0. The summed E-state index contributed by atoms with van der Waals surface area (Å²) in [6, 6.07) is 0. The molecular formula is C15H31IN4O. The van der Waals surface area contributed by atoms with Gasteiger partial charge in [-0.25, -0.2) is 0 Å². The third-order valence-corrected chi connectivity index (χ3v) is 3.54. The van der Waals surface area contributed by atoms with E-state index in [-0.39, 0.29) is 35.3 Å². The number of carbonyl (C=O) groups is 1. The molecule has 1 aliphatic rings. The number of guanidine groups is 1. The molecule has 0 aromatic rings. The van der Waals surface area contributed by atoms with Crippen LogP contribution in [-0.4, -0.2) is 50.0 Å². The van der Waals surface area contributed by atoms with Crippen LogP contribution in [0, 0.1) is 11.3 Å². The van der Waals surface area contributed by atoms with Crippen LogP contribution in [0.5, 0.6) is 0 Å². The van der Waals surface area contributed by atoms with Gasteiger partial charge in [-0.2, -0.15) is 0 Å². The van der Waals surface area contributed by atoms with Crippen molar-refractivity contribution in [3.05, 3.63) is 0 Å². The zero-order valence-electron chi connectivity index (χ0n) is 14.0. The lowest BCUT2D eigenvalue weighted by molar-refractivity contribution is -0.128. The summed E-state index contributed by atoms with van der Waals surface area (Å²) in [6.45, 7) is 11.5. The Balaban J connectivity index is 0.00000400. The molecule has 1 amide bonds. The van der Waals surface area contributed by atoms with Gasteiger partial charge in [-0.05, 0) is 18.8 Å². The molecule has 1 saturated heterocycles. The molecule has 1 unspecified atom stereocenters. The highest BCUT2D eigenvalue weighted by Gasteiger charge is 2.21. The highest BCUT2D eigenvalue weighted by atomic mass is 127. The van der Waals surface area contributed by atoms with Gasteiger partial charge in [0.05, 0.1) is 0 Å². The Hall–Kier alpha value is -0.530. The Labute approximate surface area is 146 Å². The fraction of sp³-hybridized carbons (Fsp3) is 0.867. The Kier molecular flexibility index (Phi) is 9.24. The van der Waals surface area contributed by atoms with E-state index in [1.54, 1.807) is 0 Å². The molecule has 1 aliphatic heterocycles. The maximum Gasteiger partial charge on any atom is 0.225 e. The van der Waals surface area contributed by atoms with Gasteiger partial charge in [-0.15, -0.1) is 24.0 Å². The highest BCUT2D eigenvalue weighted by Crippen LogP contribution is 2.15. The molecule has 5 nitrogen and oxygen atoms in total. The number of amides is 1. The normalized spacial score (nSPS) is 19.8. The van der Waals surface area contributed by atoms with Crippen LogP contribution in [0.2, 0.25) is 0 Å². The fourth-order valence-electron chi connectivity index (χ4n) is 2.33. The summed E-state index contributed by atoms with van der Waals surface area (Å²) in [7, 11) is 1.81. The number of nitrogens with zero attached hydrogens (tertiary/aromatic N) is 2. The third kappa shape index (κ3) is 7.33. The molecule has 0 aromatic carbocycles. The second kappa shape index (κ2) is 9.48. The lowest BCUT2D eigenvalue weighted by Crippen LogP contribution is -2.48. The van der Waals surface area contributed by atoms with Crippen LogP contribution in [0.4, 0.5) is 0 Å². The topological polar surface area (TPSA) is 56.7 Å². The van der Waals surface area contributed by atoms with Crippen LogP contribution in [0.15, 0.2) is 4.99 Å². The minimum Gasteiger partial charge on any atom is -0.354 e. The average molecular weight is 410 g/mol. The zero-order valence-corrected chi connectivity index (χ0v) is 16.4. The van der Waals surface area contributed by atoms with Crippen molar-refractivity contribution in [3.63, 3.8) is 0 Å². The summed E-state index contributed by atoms with van der Waals surface area (Å²) < 4.78 is 0. The van der Waals surface area contributed by atoms with Gasteiger partial charge < -0.3 is 15.5 Å². The molecule has 0 spiro atoms. The molecule has 0 bridgehead atoms. The van der Waals surface area contributed by atoms with E-state index in [2.05, 4.69) is 27.4 Å². The second-order valence-corrected chi connectivity index (χ2v) is 6.67. The Morgan fingerprint density at radius 2 is 1.90 bits per heavy atom. The van der Waals surface area contributed by atoms with Crippen molar-refractivity contribution in [1.82, 2.24) is 15.5 Å². The molecule has 1 heterocycles. The van der Waals surface area contributed by atoms with Crippen LogP contribution in [0.3, 0.4) is 0 Å². The maximum absolute atomic E-state index is 11.7. The molecule has 0 aliphatic carbocycles. The first-order valence-electron chi connectivity index (χ1n) is 7.58. The van der Waals surface area contributed by atoms with E-state index in [0.717, 1.165) is 25.0 Å². The van der Waals surface area contributed by atoms with Crippen molar-refractivity contribution in [2.75, 3.05) is 33.2 Å². The number of nitrogens with one attached hydrogen (secondary N) is 2. The number of hydrogen-bond donors (Lipinski definition) is 2. The number of rotatable bonds is 3. The van der Waals surface area contributed by atoms with Crippen LogP contribution < -0.4 is 10.6 Å². The molecule has 0 aromatic heterocycles. The summed E-state index contributed by atoms with van der Waals surface area (Å²) in [6.07, 6.45) is 2.53. The van der Waals surface area contributed by atoms with Gasteiger partial charge in [0.2, 0.25) is 5.91 Å². The number of piperidine rings is 1. The van der Waals surface area contributed by atoms with Crippen LogP contribution in [0.25, 0.3) is 0 Å². The van der Waals surface area contributed by atoms with Crippen molar-refractivity contribution < 1.29 is 4.79 Å². The van der Waals surface area contributed by atoms with Crippen molar-refractivity contribution in [1.29, 1.82) is 0 Å². The van der Waals surface area contributed by atoms with Gasteiger partial charge in [-0.3, -0.25) is 9.79 Å². The number of hydrogen-bond acceptors (Lipinski definition) is 2. The van der Waals surface area contributed by atoms with E-state index in [1.807, 2.05) is 27.8 Å². The number of halogens is 1. The van der Waals surface area contributed by atoms with Gasteiger partial charge in [0, 0.05) is 38.6 Å². The zero-order chi connectivity index (χ0) is 15.2. The minimum atomic E-state index is -0.329. The van der Waals surface area contributed by atoms with E-state index in [0.29, 0.717) is 13.1 Å². The Bertz CT molecular complexity index is 352. The second-order valence-electron chi connectivity index (χ2n) is 6.67. The summed E-state index contributed by atoms with van der Waals surface area (Å²) in [4.78, 5) is 18.4. The molecule has 1 atom stereocenters.